The smallest absolute Gasteiger partial charge is 0.414 e. The summed E-state index contributed by atoms with van der Waals surface area (Å²) in [5.74, 6) is -2.98. The van der Waals surface area contributed by atoms with Crippen LogP contribution in [0.1, 0.15) is 65.5 Å². The number of alkyl carbamates (subject to hydrolysis) is 1. The molecule has 38 heavy (non-hydrogen) atoms. The Hall–Kier alpha value is -2.86. The maximum absolute atomic E-state index is 13.2. The summed E-state index contributed by atoms with van der Waals surface area (Å²) in [5.41, 5.74) is 5.65. The lowest BCUT2D eigenvalue weighted by molar-refractivity contribution is -0.224. The molecule has 1 aromatic carbocycles. The molecule has 1 aromatic rings. The third kappa shape index (κ3) is 11.3. The van der Waals surface area contributed by atoms with Crippen molar-refractivity contribution in [3.63, 3.8) is 0 Å². The lowest BCUT2D eigenvalue weighted by Crippen LogP contribution is -2.46. The Morgan fingerprint density at radius 3 is 2.13 bits per heavy atom. The van der Waals surface area contributed by atoms with E-state index >= 15 is 0 Å². The summed E-state index contributed by atoms with van der Waals surface area (Å²) in [7, 11) is 1.45. The zero-order valence-corrected chi connectivity index (χ0v) is 22.7. The number of rotatable bonds is 13. The predicted molar refractivity (Wildman–Crippen MR) is 135 cm³/mol. The number of benzene rings is 1. The van der Waals surface area contributed by atoms with Crippen LogP contribution in [0.4, 0.5) is 18.0 Å². The van der Waals surface area contributed by atoms with Gasteiger partial charge in [0.15, 0.2) is 11.9 Å². The molecule has 0 saturated heterocycles. The Morgan fingerprint density at radius 2 is 1.66 bits per heavy atom. The van der Waals surface area contributed by atoms with Gasteiger partial charge >= 0.3 is 12.3 Å². The van der Waals surface area contributed by atoms with Gasteiger partial charge < -0.3 is 30.9 Å². The summed E-state index contributed by atoms with van der Waals surface area (Å²) >= 11 is 0. The van der Waals surface area contributed by atoms with Gasteiger partial charge in [-0.1, -0.05) is 26.0 Å². The van der Waals surface area contributed by atoms with Crippen molar-refractivity contribution in [3.05, 3.63) is 29.8 Å². The molecule has 0 aliphatic carbocycles. The minimum atomic E-state index is -4.90. The van der Waals surface area contributed by atoms with E-state index in [9.17, 15) is 32.7 Å². The fraction of sp³-hybridized carbons (Fsp3) is 0.654. The van der Waals surface area contributed by atoms with Gasteiger partial charge in [-0.3, -0.25) is 9.59 Å². The highest BCUT2D eigenvalue weighted by atomic mass is 19.4. The Labute approximate surface area is 221 Å². The molecule has 12 heteroatoms. The van der Waals surface area contributed by atoms with E-state index in [-0.39, 0.29) is 13.0 Å². The van der Waals surface area contributed by atoms with Crippen LogP contribution in [0.5, 0.6) is 5.75 Å². The number of ether oxygens (including phenoxy) is 2. The Morgan fingerprint density at radius 1 is 1.08 bits per heavy atom. The van der Waals surface area contributed by atoms with E-state index in [1.165, 1.54) is 33.1 Å². The summed E-state index contributed by atoms with van der Waals surface area (Å²) in [6.07, 6.45) is -8.33. The summed E-state index contributed by atoms with van der Waals surface area (Å²) in [5, 5.41) is 14.9. The van der Waals surface area contributed by atoms with Gasteiger partial charge in [0, 0.05) is 18.9 Å². The van der Waals surface area contributed by atoms with E-state index in [1.807, 2.05) is 0 Å². The van der Waals surface area contributed by atoms with Crippen LogP contribution in [0.2, 0.25) is 0 Å². The first-order valence-electron chi connectivity index (χ1n) is 12.4. The predicted octanol–water partition coefficient (Wildman–Crippen LogP) is 3.64. The van der Waals surface area contributed by atoms with Crippen molar-refractivity contribution in [1.82, 2.24) is 10.6 Å². The van der Waals surface area contributed by atoms with Crippen LogP contribution in [0.15, 0.2) is 24.3 Å². The number of hydrogen-bond donors (Lipinski definition) is 4. The molecule has 0 aromatic heterocycles. The van der Waals surface area contributed by atoms with Gasteiger partial charge in [0.25, 0.3) is 0 Å². The zero-order chi connectivity index (χ0) is 29.3. The standard InChI is InChI=1S/C26H40F3N3O6/c1-15(2)18(22(34)26(27,28)29)14-20(33)21(16-9-11-17(37-6)12-10-16)32-23(35)19(30)8-7-13-31-24(36)38-25(3,4)5/h9-12,15,18-19,21-22,34H,7-8,13-14,30H2,1-6H3,(H,31,36)(H,32,35)/t18-,19-,21-,22-/m0/s1. The first-order valence-corrected chi connectivity index (χ1v) is 12.4. The summed E-state index contributed by atoms with van der Waals surface area (Å²) < 4.78 is 49.9. The van der Waals surface area contributed by atoms with Gasteiger partial charge in [0.2, 0.25) is 5.91 Å². The minimum absolute atomic E-state index is 0.159. The number of carbonyl (C=O) groups excluding carboxylic acids is 3. The monoisotopic (exact) mass is 547 g/mol. The van der Waals surface area contributed by atoms with E-state index in [1.54, 1.807) is 32.9 Å². The number of halogens is 3. The van der Waals surface area contributed by atoms with Crippen LogP contribution in [0.25, 0.3) is 0 Å². The number of Topliss-reactive ketones (excluding diaryl/α,β-unsaturated/α-hetero) is 1. The van der Waals surface area contributed by atoms with Crippen molar-refractivity contribution < 1.29 is 42.1 Å². The van der Waals surface area contributed by atoms with Crippen LogP contribution in [0.3, 0.4) is 0 Å². The summed E-state index contributed by atoms with van der Waals surface area (Å²) in [6.45, 7) is 8.33. The molecule has 0 unspecified atom stereocenters. The number of alkyl halides is 3. The molecule has 0 heterocycles. The Balaban J connectivity index is 2.95. The number of nitrogens with one attached hydrogen (secondary N) is 2. The van der Waals surface area contributed by atoms with Gasteiger partial charge in [0.1, 0.15) is 17.4 Å². The topological polar surface area (TPSA) is 140 Å². The van der Waals surface area contributed by atoms with E-state index < -0.39 is 66.0 Å². The van der Waals surface area contributed by atoms with Crippen LogP contribution in [-0.2, 0) is 14.3 Å². The maximum atomic E-state index is 13.2. The van der Waals surface area contributed by atoms with Crippen molar-refractivity contribution in [1.29, 1.82) is 0 Å². The van der Waals surface area contributed by atoms with Crippen LogP contribution < -0.4 is 21.1 Å². The van der Waals surface area contributed by atoms with Gasteiger partial charge in [-0.15, -0.1) is 0 Å². The van der Waals surface area contributed by atoms with Crippen molar-refractivity contribution in [2.75, 3.05) is 13.7 Å². The molecule has 0 spiro atoms. The minimum Gasteiger partial charge on any atom is -0.497 e. The molecule has 5 N–H and O–H groups in total. The second-order valence-electron chi connectivity index (χ2n) is 10.5. The largest absolute Gasteiger partial charge is 0.497 e. The van der Waals surface area contributed by atoms with E-state index in [0.717, 1.165) is 0 Å². The number of aliphatic hydroxyl groups excluding tert-OH is 1. The number of hydrogen-bond acceptors (Lipinski definition) is 7. The third-order valence-electron chi connectivity index (χ3n) is 5.79. The van der Waals surface area contributed by atoms with Gasteiger partial charge in [-0.25, -0.2) is 4.79 Å². The average molecular weight is 548 g/mol. The Bertz CT molecular complexity index is 916. The number of aliphatic hydroxyl groups is 1. The number of carbonyl (C=O) groups is 3. The van der Waals surface area contributed by atoms with Crippen LogP contribution in [0, 0.1) is 11.8 Å². The average Bonchev–Trinajstić information content (AvgIpc) is 2.81. The molecule has 1 rings (SSSR count). The van der Waals surface area contributed by atoms with Crippen molar-refractivity contribution >= 4 is 17.8 Å². The van der Waals surface area contributed by atoms with E-state index in [4.69, 9.17) is 15.2 Å². The highest BCUT2D eigenvalue weighted by Gasteiger charge is 2.45. The molecule has 0 aliphatic rings. The Kier molecular flexibility index (Phi) is 12.5. The van der Waals surface area contributed by atoms with Gasteiger partial charge in [-0.2, -0.15) is 13.2 Å². The third-order valence-corrected chi connectivity index (χ3v) is 5.79. The molecular formula is C26H40F3N3O6. The van der Waals surface area contributed by atoms with Crippen molar-refractivity contribution in [3.8, 4) is 5.75 Å². The molecule has 216 valence electrons. The number of methoxy groups -OCH3 is 1. The number of ketones is 1. The molecule has 4 atom stereocenters. The highest BCUT2D eigenvalue weighted by molar-refractivity contribution is 5.91. The van der Waals surface area contributed by atoms with Crippen molar-refractivity contribution in [2.24, 2.45) is 17.6 Å². The van der Waals surface area contributed by atoms with E-state index in [2.05, 4.69) is 10.6 Å². The van der Waals surface area contributed by atoms with E-state index in [0.29, 0.717) is 17.7 Å². The molecule has 0 fully saturated rings. The fourth-order valence-corrected chi connectivity index (χ4v) is 3.66. The lowest BCUT2D eigenvalue weighted by Gasteiger charge is -2.29. The van der Waals surface area contributed by atoms with Crippen LogP contribution in [-0.4, -0.2) is 60.5 Å². The summed E-state index contributed by atoms with van der Waals surface area (Å²) in [6, 6.07) is 3.79. The normalized spacial score (nSPS) is 15.3. The molecule has 0 saturated carbocycles. The zero-order valence-electron chi connectivity index (χ0n) is 22.7. The molecular weight excluding hydrogens is 507 g/mol. The lowest BCUT2D eigenvalue weighted by atomic mass is 9.83. The van der Waals surface area contributed by atoms with Crippen LogP contribution >= 0.6 is 0 Å². The quantitative estimate of drug-likeness (QED) is 0.277. The molecule has 0 bridgehead atoms. The molecule has 2 amide bonds. The second kappa shape index (κ2) is 14.3. The number of nitrogens with two attached hydrogens (primary N) is 1. The molecule has 9 nitrogen and oxygen atoms in total. The molecule has 0 aliphatic heterocycles. The summed E-state index contributed by atoms with van der Waals surface area (Å²) in [4.78, 5) is 37.8. The van der Waals surface area contributed by atoms with Gasteiger partial charge in [-0.05, 0) is 57.2 Å². The highest BCUT2D eigenvalue weighted by Crippen LogP contribution is 2.33. The van der Waals surface area contributed by atoms with Gasteiger partial charge in [0.05, 0.1) is 13.2 Å². The second-order valence-corrected chi connectivity index (χ2v) is 10.5. The first-order chi connectivity index (χ1) is 17.5. The first kappa shape index (κ1) is 33.2. The molecule has 0 radical (unpaired) electrons. The SMILES string of the molecule is COc1ccc([C@H](NC(=O)[C@@H](N)CCCNC(=O)OC(C)(C)C)C(=O)C[C@@H](C(C)C)[C@H](O)C(F)(F)F)cc1. The van der Waals surface area contributed by atoms with Crippen molar-refractivity contribution in [2.45, 2.75) is 83.8 Å². The fourth-order valence-electron chi connectivity index (χ4n) is 3.66. The maximum Gasteiger partial charge on any atom is 0.414 e. The number of amides is 2.